The molecule has 1 aromatic carbocycles. The first-order valence-corrected chi connectivity index (χ1v) is 7.55. The predicted molar refractivity (Wildman–Crippen MR) is 91.3 cm³/mol. The van der Waals surface area contributed by atoms with E-state index >= 15 is 0 Å². The zero-order valence-corrected chi connectivity index (χ0v) is 13.1. The number of carbonyl (C=O) groups is 1. The van der Waals surface area contributed by atoms with Crippen LogP contribution in [0.1, 0.15) is 16.1 Å². The molecular weight excluding hydrogens is 310 g/mol. The first kappa shape index (κ1) is 13.9. The van der Waals surface area contributed by atoms with Crippen LogP contribution >= 0.6 is 11.6 Å². The monoisotopic (exact) mass is 321 g/mol. The number of rotatable bonds is 2. The van der Waals surface area contributed by atoms with Gasteiger partial charge >= 0.3 is 0 Å². The SMILES string of the molecule is Cc1cc(-n2cc(C(=O)Cl)c3cccnc32)c2ccccc2n1. The van der Waals surface area contributed by atoms with Crippen molar-refractivity contribution in [3.05, 3.63) is 66.1 Å². The first-order valence-electron chi connectivity index (χ1n) is 7.18. The number of hydrogen-bond donors (Lipinski definition) is 0. The van der Waals surface area contributed by atoms with Gasteiger partial charge in [0.15, 0.2) is 0 Å². The van der Waals surface area contributed by atoms with Crippen LogP contribution in [0, 0.1) is 6.92 Å². The van der Waals surface area contributed by atoms with Crippen molar-refractivity contribution in [2.24, 2.45) is 0 Å². The molecule has 0 atom stereocenters. The highest BCUT2D eigenvalue weighted by Gasteiger charge is 2.16. The fraction of sp³-hybridized carbons (Fsp3) is 0.0556. The minimum absolute atomic E-state index is 0.452. The molecule has 0 bridgehead atoms. The lowest BCUT2D eigenvalue weighted by molar-refractivity contribution is 0.108. The van der Waals surface area contributed by atoms with Gasteiger partial charge in [-0.2, -0.15) is 0 Å². The van der Waals surface area contributed by atoms with Crippen molar-refractivity contribution in [3.63, 3.8) is 0 Å². The van der Waals surface area contributed by atoms with E-state index in [2.05, 4.69) is 9.97 Å². The highest BCUT2D eigenvalue weighted by molar-refractivity contribution is 6.68. The van der Waals surface area contributed by atoms with Crippen LogP contribution in [0.15, 0.2) is 54.9 Å². The van der Waals surface area contributed by atoms with E-state index in [1.807, 2.05) is 47.9 Å². The molecule has 0 saturated carbocycles. The van der Waals surface area contributed by atoms with Crippen molar-refractivity contribution in [2.75, 3.05) is 0 Å². The van der Waals surface area contributed by atoms with E-state index in [1.165, 1.54) is 0 Å². The average Bonchev–Trinajstić information content (AvgIpc) is 2.94. The number of carbonyl (C=O) groups excluding carboxylic acids is 1. The summed E-state index contributed by atoms with van der Waals surface area (Å²) in [6.45, 7) is 1.95. The summed E-state index contributed by atoms with van der Waals surface area (Å²) < 4.78 is 1.90. The Morgan fingerprint density at radius 2 is 1.91 bits per heavy atom. The van der Waals surface area contributed by atoms with E-state index in [-0.39, 0.29) is 0 Å². The maximum atomic E-state index is 11.7. The van der Waals surface area contributed by atoms with Gasteiger partial charge in [-0.1, -0.05) is 18.2 Å². The third-order valence-electron chi connectivity index (χ3n) is 3.86. The highest BCUT2D eigenvalue weighted by Crippen LogP contribution is 2.28. The van der Waals surface area contributed by atoms with E-state index < -0.39 is 5.24 Å². The lowest BCUT2D eigenvalue weighted by Gasteiger charge is -2.10. The molecule has 0 radical (unpaired) electrons. The summed E-state index contributed by atoms with van der Waals surface area (Å²) in [5, 5.41) is 1.25. The Morgan fingerprint density at radius 1 is 1.13 bits per heavy atom. The van der Waals surface area contributed by atoms with Crippen molar-refractivity contribution in [1.82, 2.24) is 14.5 Å². The second-order valence-corrected chi connectivity index (χ2v) is 5.70. The summed E-state index contributed by atoms with van der Waals surface area (Å²) in [5.74, 6) is 0. The molecule has 0 spiro atoms. The Bertz CT molecular complexity index is 1070. The number of halogens is 1. The van der Waals surface area contributed by atoms with E-state index in [4.69, 9.17) is 11.6 Å². The standard InChI is InChI=1S/C18H12ClN3O/c1-11-9-16(13-5-2-3-7-15(13)21-11)22-10-14(17(19)23)12-6-4-8-20-18(12)22/h2-10H,1H3. The van der Waals surface area contributed by atoms with Gasteiger partial charge in [-0.15, -0.1) is 0 Å². The summed E-state index contributed by atoms with van der Waals surface area (Å²) in [4.78, 5) is 20.7. The van der Waals surface area contributed by atoms with Crippen LogP contribution in [0.2, 0.25) is 0 Å². The number of benzene rings is 1. The van der Waals surface area contributed by atoms with Gasteiger partial charge in [0.2, 0.25) is 0 Å². The van der Waals surface area contributed by atoms with Gasteiger partial charge < -0.3 is 0 Å². The fourth-order valence-corrected chi connectivity index (χ4v) is 3.03. The molecule has 23 heavy (non-hydrogen) atoms. The summed E-state index contributed by atoms with van der Waals surface area (Å²) in [6, 6.07) is 13.5. The number of hydrogen-bond acceptors (Lipinski definition) is 3. The van der Waals surface area contributed by atoms with Crippen LogP contribution < -0.4 is 0 Å². The molecule has 4 rings (SSSR count). The maximum Gasteiger partial charge on any atom is 0.254 e. The second kappa shape index (κ2) is 5.18. The van der Waals surface area contributed by atoms with E-state index in [0.717, 1.165) is 27.7 Å². The maximum absolute atomic E-state index is 11.7. The number of aromatic nitrogens is 3. The molecule has 0 N–H and O–H groups in total. The van der Waals surface area contributed by atoms with E-state index in [9.17, 15) is 4.79 Å². The molecular formula is C18H12ClN3O. The summed E-state index contributed by atoms with van der Waals surface area (Å²) in [7, 11) is 0. The van der Waals surface area contributed by atoms with Gasteiger partial charge in [0.25, 0.3) is 5.24 Å². The molecule has 0 amide bonds. The van der Waals surface area contributed by atoms with Gasteiger partial charge in [0.1, 0.15) is 5.65 Å². The zero-order valence-electron chi connectivity index (χ0n) is 12.3. The van der Waals surface area contributed by atoms with Crippen molar-refractivity contribution >= 4 is 38.8 Å². The topological polar surface area (TPSA) is 47.8 Å². The molecule has 0 saturated heterocycles. The minimum Gasteiger partial charge on any atom is -0.300 e. The first-order chi connectivity index (χ1) is 11.1. The Balaban J connectivity index is 2.13. The van der Waals surface area contributed by atoms with Gasteiger partial charge in [-0.3, -0.25) is 14.3 Å². The Morgan fingerprint density at radius 3 is 2.74 bits per heavy atom. The highest BCUT2D eigenvalue weighted by atomic mass is 35.5. The Labute approximate surface area is 137 Å². The molecule has 0 aliphatic carbocycles. The van der Waals surface area contributed by atoms with Crippen LogP contribution in [0.4, 0.5) is 0 Å². The molecule has 5 heteroatoms. The number of fused-ring (bicyclic) bond motifs is 2. The van der Waals surface area contributed by atoms with Crippen molar-refractivity contribution < 1.29 is 4.79 Å². The fourth-order valence-electron chi connectivity index (χ4n) is 2.88. The molecule has 3 aromatic heterocycles. The molecule has 3 heterocycles. The second-order valence-electron chi connectivity index (χ2n) is 5.36. The lowest BCUT2D eigenvalue weighted by atomic mass is 10.1. The van der Waals surface area contributed by atoms with Crippen LogP contribution in [-0.4, -0.2) is 19.8 Å². The van der Waals surface area contributed by atoms with Crippen molar-refractivity contribution in [3.8, 4) is 5.69 Å². The van der Waals surface area contributed by atoms with Crippen LogP contribution in [0.25, 0.3) is 27.6 Å². The summed E-state index contributed by atoms with van der Waals surface area (Å²) in [6.07, 6.45) is 3.45. The molecule has 4 nitrogen and oxygen atoms in total. The van der Waals surface area contributed by atoms with Gasteiger partial charge in [0.05, 0.1) is 16.8 Å². The normalized spacial score (nSPS) is 11.2. The van der Waals surface area contributed by atoms with E-state index in [0.29, 0.717) is 11.2 Å². The summed E-state index contributed by atoms with van der Waals surface area (Å²) in [5.41, 5.74) is 3.88. The Hall–Kier alpha value is -2.72. The number of pyridine rings is 2. The van der Waals surface area contributed by atoms with Crippen LogP contribution in [0.5, 0.6) is 0 Å². The molecule has 4 aromatic rings. The smallest absolute Gasteiger partial charge is 0.254 e. The lowest BCUT2D eigenvalue weighted by Crippen LogP contribution is -1.97. The Kier molecular flexibility index (Phi) is 3.13. The van der Waals surface area contributed by atoms with Crippen LogP contribution in [-0.2, 0) is 0 Å². The van der Waals surface area contributed by atoms with Gasteiger partial charge in [-0.25, -0.2) is 4.98 Å². The molecule has 0 aliphatic rings. The number of nitrogens with zero attached hydrogens (tertiary/aromatic N) is 3. The third kappa shape index (κ3) is 2.19. The van der Waals surface area contributed by atoms with Crippen molar-refractivity contribution in [1.29, 1.82) is 0 Å². The molecule has 0 aliphatic heterocycles. The largest absolute Gasteiger partial charge is 0.300 e. The number of aryl methyl sites for hydroxylation is 1. The summed E-state index contributed by atoms with van der Waals surface area (Å²) >= 11 is 5.74. The van der Waals surface area contributed by atoms with Gasteiger partial charge in [-0.05, 0) is 42.8 Å². The third-order valence-corrected chi connectivity index (χ3v) is 4.06. The molecule has 0 unspecified atom stereocenters. The predicted octanol–water partition coefficient (Wildman–Crippen LogP) is 4.26. The molecule has 0 fully saturated rings. The molecule has 112 valence electrons. The number of para-hydroxylation sites is 1. The average molecular weight is 322 g/mol. The van der Waals surface area contributed by atoms with E-state index in [1.54, 1.807) is 18.5 Å². The van der Waals surface area contributed by atoms with Crippen molar-refractivity contribution in [2.45, 2.75) is 6.92 Å². The zero-order chi connectivity index (χ0) is 16.0. The quantitative estimate of drug-likeness (QED) is 0.518. The van der Waals surface area contributed by atoms with Crippen LogP contribution in [0.3, 0.4) is 0 Å². The minimum atomic E-state index is -0.489. The van der Waals surface area contributed by atoms with Gasteiger partial charge in [0, 0.05) is 28.9 Å².